The fraction of sp³-hybridized carbons (Fsp3) is 0.133. The van der Waals surface area contributed by atoms with Crippen LogP contribution in [0.2, 0.25) is 0 Å². The Morgan fingerprint density at radius 3 is 2.39 bits per heavy atom. The molecule has 2 aromatic carbocycles. The van der Waals surface area contributed by atoms with Crippen LogP contribution in [0.15, 0.2) is 42.5 Å². The third kappa shape index (κ3) is 2.14. The highest BCUT2D eigenvalue weighted by molar-refractivity contribution is 5.71. The Labute approximate surface area is 107 Å². The van der Waals surface area contributed by atoms with Crippen molar-refractivity contribution in [2.24, 2.45) is 0 Å². The van der Waals surface area contributed by atoms with Gasteiger partial charge in [0, 0.05) is 24.1 Å². The number of nitriles is 1. The van der Waals surface area contributed by atoms with Gasteiger partial charge in [-0.3, -0.25) is 0 Å². The van der Waals surface area contributed by atoms with Crippen LogP contribution in [0.25, 0.3) is 0 Å². The first-order valence-corrected chi connectivity index (χ1v) is 5.72. The molecule has 3 heteroatoms. The van der Waals surface area contributed by atoms with Crippen molar-refractivity contribution in [3.8, 4) is 6.07 Å². The highest BCUT2D eigenvalue weighted by Crippen LogP contribution is 2.29. The van der Waals surface area contributed by atoms with Gasteiger partial charge in [0.15, 0.2) is 0 Å². The van der Waals surface area contributed by atoms with Crippen LogP contribution in [-0.4, -0.2) is 7.05 Å². The van der Waals surface area contributed by atoms with Crippen molar-refractivity contribution in [1.82, 2.24) is 0 Å². The average Bonchev–Trinajstić information content (AvgIpc) is 2.41. The number of nitrogens with zero attached hydrogens (tertiary/aromatic N) is 2. The Kier molecular flexibility index (Phi) is 3.20. The van der Waals surface area contributed by atoms with Crippen LogP contribution >= 0.6 is 0 Å². The van der Waals surface area contributed by atoms with E-state index in [-0.39, 0.29) is 0 Å². The molecule has 0 aliphatic rings. The molecule has 0 heterocycles. The van der Waals surface area contributed by atoms with Gasteiger partial charge in [-0.15, -0.1) is 0 Å². The van der Waals surface area contributed by atoms with Gasteiger partial charge in [0.2, 0.25) is 0 Å². The minimum atomic E-state index is 0.663. The van der Waals surface area contributed by atoms with Gasteiger partial charge in [0.25, 0.3) is 0 Å². The van der Waals surface area contributed by atoms with Crippen LogP contribution < -0.4 is 10.6 Å². The SMILES string of the molecule is Cc1c(N)cccc1N(C)c1ccc(C#N)cc1. The zero-order valence-corrected chi connectivity index (χ0v) is 10.5. The lowest BCUT2D eigenvalue weighted by molar-refractivity contribution is 1.19. The predicted octanol–water partition coefficient (Wildman–Crippen LogP) is 3.22. The van der Waals surface area contributed by atoms with Gasteiger partial charge in [-0.2, -0.15) is 5.26 Å². The second-order valence-electron chi connectivity index (χ2n) is 4.21. The number of nitrogen functional groups attached to an aromatic ring is 1. The number of hydrogen-bond acceptors (Lipinski definition) is 3. The third-order valence-corrected chi connectivity index (χ3v) is 3.09. The van der Waals surface area contributed by atoms with Crippen molar-refractivity contribution in [1.29, 1.82) is 5.26 Å². The topological polar surface area (TPSA) is 53.0 Å². The van der Waals surface area contributed by atoms with Gasteiger partial charge < -0.3 is 10.6 Å². The van der Waals surface area contributed by atoms with E-state index in [1.807, 2.05) is 56.4 Å². The maximum atomic E-state index is 8.78. The van der Waals surface area contributed by atoms with E-state index in [2.05, 4.69) is 11.0 Å². The number of benzene rings is 2. The predicted molar refractivity (Wildman–Crippen MR) is 74.8 cm³/mol. The van der Waals surface area contributed by atoms with Crippen LogP contribution in [0.4, 0.5) is 17.1 Å². The number of hydrogen-bond donors (Lipinski definition) is 1. The Morgan fingerprint density at radius 2 is 1.78 bits per heavy atom. The molecule has 0 fully saturated rings. The zero-order valence-electron chi connectivity index (χ0n) is 10.5. The molecule has 0 amide bonds. The molecular formula is C15H15N3. The van der Waals surface area contributed by atoms with E-state index in [1.54, 1.807) is 0 Å². The summed E-state index contributed by atoms with van der Waals surface area (Å²) in [5, 5.41) is 8.78. The first-order valence-electron chi connectivity index (χ1n) is 5.72. The van der Waals surface area contributed by atoms with E-state index >= 15 is 0 Å². The van der Waals surface area contributed by atoms with E-state index in [9.17, 15) is 0 Å². The highest BCUT2D eigenvalue weighted by Gasteiger charge is 2.08. The molecule has 0 aliphatic carbocycles. The smallest absolute Gasteiger partial charge is 0.0991 e. The lowest BCUT2D eigenvalue weighted by Gasteiger charge is -2.22. The summed E-state index contributed by atoms with van der Waals surface area (Å²) in [6.45, 7) is 2.00. The van der Waals surface area contributed by atoms with Crippen LogP contribution in [-0.2, 0) is 0 Å². The van der Waals surface area contributed by atoms with E-state index < -0.39 is 0 Å². The highest BCUT2D eigenvalue weighted by atomic mass is 15.1. The molecule has 18 heavy (non-hydrogen) atoms. The monoisotopic (exact) mass is 237 g/mol. The summed E-state index contributed by atoms with van der Waals surface area (Å²) in [5.74, 6) is 0. The van der Waals surface area contributed by atoms with Crippen LogP contribution in [0.1, 0.15) is 11.1 Å². The number of anilines is 3. The molecule has 90 valence electrons. The van der Waals surface area contributed by atoms with Crippen molar-refractivity contribution < 1.29 is 0 Å². The molecule has 2 aromatic rings. The van der Waals surface area contributed by atoms with E-state index in [4.69, 9.17) is 11.0 Å². The molecule has 0 saturated heterocycles. The normalized spacial score (nSPS) is 9.83. The summed E-state index contributed by atoms with van der Waals surface area (Å²) >= 11 is 0. The standard InChI is InChI=1S/C15H15N3/c1-11-14(17)4-3-5-15(11)18(2)13-8-6-12(10-16)7-9-13/h3-9H,17H2,1-2H3. The Morgan fingerprint density at radius 1 is 1.11 bits per heavy atom. The van der Waals surface area contributed by atoms with Crippen LogP contribution in [0.5, 0.6) is 0 Å². The fourth-order valence-corrected chi connectivity index (χ4v) is 1.90. The molecule has 0 aromatic heterocycles. The van der Waals surface area contributed by atoms with Gasteiger partial charge >= 0.3 is 0 Å². The molecule has 0 radical (unpaired) electrons. The van der Waals surface area contributed by atoms with Gasteiger partial charge in [0.1, 0.15) is 0 Å². The Hall–Kier alpha value is -2.47. The minimum absolute atomic E-state index is 0.663. The molecule has 3 nitrogen and oxygen atoms in total. The average molecular weight is 237 g/mol. The number of rotatable bonds is 2. The number of nitrogens with two attached hydrogens (primary N) is 1. The molecule has 0 bridgehead atoms. The lowest BCUT2D eigenvalue weighted by atomic mass is 10.1. The molecular weight excluding hydrogens is 222 g/mol. The maximum Gasteiger partial charge on any atom is 0.0991 e. The molecule has 2 N–H and O–H groups in total. The molecule has 0 saturated carbocycles. The largest absolute Gasteiger partial charge is 0.398 e. The first kappa shape index (κ1) is 12.0. The zero-order chi connectivity index (χ0) is 13.1. The molecule has 0 unspecified atom stereocenters. The Balaban J connectivity index is 2.38. The van der Waals surface area contributed by atoms with Gasteiger partial charge in [-0.1, -0.05) is 6.07 Å². The second-order valence-corrected chi connectivity index (χ2v) is 4.21. The van der Waals surface area contributed by atoms with Crippen LogP contribution in [0.3, 0.4) is 0 Å². The summed E-state index contributed by atoms with van der Waals surface area (Å²) in [6.07, 6.45) is 0. The second kappa shape index (κ2) is 4.80. The van der Waals surface area contributed by atoms with Crippen molar-refractivity contribution in [2.45, 2.75) is 6.92 Å². The van der Waals surface area contributed by atoms with Gasteiger partial charge in [-0.05, 0) is 48.9 Å². The summed E-state index contributed by atoms with van der Waals surface area (Å²) in [4.78, 5) is 2.06. The summed E-state index contributed by atoms with van der Waals surface area (Å²) in [7, 11) is 1.99. The minimum Gasteiger partial charge on any atom is -0.398 e. The lowest BCUT2D eigenvalue weighted by Crippen LogP contribution is -2.11. The van der Waals surface area contributed by atoms with E-state index in [0.29, 0.717) is 5.56 Å². The van der Waals surface area contributed by atoms with E-state index in [1.165, 1.54) is 0 Å². The van der Waals surface area contributed by atoms with Crippen LogP contribution in [0, 0.1) is 18.3 Å². The van der Waals surface area contributed by atoms with Crippen molar-refractivity contribution in [3.05, 3.63) is 53.6 Å². The quantitative estimate of drug-likeness (QED) is 0.816. The molecule has 0 spiro atoms. The van der Waals surface area contributed by atoms with Crippen molar-refractivity contribution >= 4 is 17.1 Å². The van der Waals surface area contributed by atoms with Gasteiger partial charge in [-0.25, -0.2) is 0 Å². The molecule has 0 atom stereocenters. The molecule has 0 aliphatic heterocycles. The summed E-state index contributed by atoms with van der Waals surface area (Å²) in [5.41, 5.74) is 10.5. The Bertz CT molecular complexity index is 594. The first-order chi connectivity index (χ1) is 8.63. The third-order valence-electron chi connectivity index (χ3n) is 3.09. The summed E-state index contributed by atoms with van der Waals surface area (Å²) in [6, 6.07) is 15.5. The van der Waals surface area contributed by atoms with Crippen molar-refractivity contribution in [3.63, 3.8) is 0 Å². The molecule has 2 rings (SSSR count). The van der Waals surface area contributed by atoms with Gasteiger partial charge in [0.05, 0.1) is 11.6 Å². The fourth-order valence-electron chi connectivity index (χ4n) is 1.90. The maximum absolute atomic E-state index is 8.78. The van der Waals surface area contributed by atoms with Crippen molar-refractivity contribution in [2.75, 3.05) is 17.7 Å². The van der Waals surface area contributed by atoms with E-state index in [0.717, 1.165) is 22.6 Å². The summed E-state index contributed by atoms with van der Waals surface area (Å²) < 4.78 is 0.